The highest BCUT2D eigenvalue weighted by Crippen LogP contribution is 2.36. The van der Waals surface area contributed by atoms with E-state index in [0.29, 0.717) is 11.1 Å². The zero-order valence-corrected chi connectivity index (χ0v) is 9.37. The molecule has 1 aromatic carbocycles. The molecular weight excluding hydrogens is 205 g/mol. The van der Waals surface area contributed by atoms with Crippen LogP contribution in [0, 0.1) is 5.92 Å². The van der Waals surface area contributed by atoms with Crippen molar-refractivity contribution < 1.29 is 9.18 Å². The normalized spacial score (nSPS) is 24.0. The summed E-state index contributed by atoms with van der Waals surface area (Å²) in [6, 6.07) is 6.76. The largest absolute Gasteiger partial charge is 0.316 e. The van der Waals surface area contributed by atoms with Crippen LogP contribution in [0.25, 0.3) is 0 Å². The van der Waals surface area contributed by atoms with Crippen molar-refractivity contribution in [2.75, 3.05) is 13.1 Å². The molecular formula is C13H16FNO. The van der Waals surface area contributed by atoms with Crippen molar-refractivity contribution in [3.8, 4) is 0 Å². The van der Waals surface area contributed by atoms with Crippen molar-refractivity contribution >= 4 is 6.29 Å². The minimum atomic E-state index is -1.31. The van der Waals surface area contributed by atoms with Gasteiger partial charge in [0, 0.05) is 18.0 Å². The second kappa shape index (κ2) is 4.34. The molecule has 0 amide bonds. The number of rotatable bonds is 3. The topological polar surface area (TPSA) is 29.1 Å². The Hall–Kier alpha value is -1.22. The van der Waals surface area contributed by atoms with Gasteiger partial charge in [-0.15, -0.1) is 0 Å². The molecule has 3 heteroatoms. The van der Waals surface area contributed by atoms with E-state index in [4.69, 9.17) is 0 Å². The molecule has 2 unspecified atom stereocenters. The van der Waals surface area contributed by atoms with Gasteiger partial charge in [0.05, 0.1) is 0 Å². The van der Waals surface area contributed by atoms with Crippen LogP contribution in [0.1, 0.15) is 29.3 Å². The second-order valence-electron chi connectivity index (χ2n) is 4.51. The van der Waals surface area contributed by atoms with Crippen molar-refractivity contribution in [1.29, 1.82) is 0 Å². The fraction of sp³-hybridized carbons (Fsp3) is 0.462. The van der Waals surface area contributed by atoms with Gasteiger partial charge in [-0.1, -0.05) is 24.3 Å². The highest BCUT2D eigenvalue weighted by molar-refractivity contribution is 5.74. The molecule has 1 aliphatic rings. The van der Waals surface area contributed by atoms with E-state index in [1.54, 1.807) is 31.2 Å². The molecule has 1 fully saturated rings. The molecule has 2 rings (SSSR count). The number of carbonyl (C=O) groups excluding carboxylic acids is 1. The van der Waals surface area contributed by atoms with Crippen LogP contribution in [-0.2, 0) is 5.67 Å². The maximum absolute atomic E-state index is 14.6. The third-order valence-electron chi connectivity index (χ3n) is 3.44. The van der Waals surface area contributed by atoms with Crippen LogP contribution < -0.4 is 5.32 Å². The summed E-state index contributed by atoms with van der Waals surface area (Å²) in [5, 5.41) is 3.17. The van der Waals surface area contributed by atoms with Gasteiger partial charge < -0.3 is 5.32 Å². The Morgan fingerprint density at radius 2 is 2.12 bits per heavy atom. The van der Waals surface area contributed by atoms with Gasteiger partial charge in [0.25, 0.3) is 0 Å². The minimum Gasteiger partial charge on any atom is -0.316 e. The van der Waals surface area contributed by atoms with E-state index in [1.807, 2.05) is 0 Å². The molecule has 1 aromatic rings. The highest BCUT2D eigenvalue weighted by atomic mass is 19.1. The molecule has 2 atom stereocenters. The maximum Gasteiger partial charge on any atom is 0.150 e. The molecule has 1 saturated heterocycles. The summed E-state index contributed by atoms with van der Waals surface area (Å²) in [6.45, 7) is 3.24. The lowest BCUT2D eigenvalue weighted by molar-refractivity contribution is 0.110. The van der Waals surface area contributed by atoms with E-state index < -0.39 is 5.67 Å². The molecule has 1 N–H and O–H groups in total. The van der Waals surface area contributed by atoms with Crippen molar-refractivity contribution in [3.05, 3.63) is 35.4 Å². The van der Waals surface area contributed by atoms with Gasteiger partial charge in [0.1, 0.15) is 12.0 Å². The second-order valence-corrected chi connectivity index (χ2v) is 4.51. The molecule has 16 heavy (non-hydrogen) atoms. The van der Waals surface area contributed by atoms with Crippen LogP contribution in [0.5, 0.6) is 0 Å². The quantitative estimate of drug-likeness (QED) is 0.793. The average Bonchev–Trinajstić information content (AvgIpc) is 2.83. The average molecular weight is 221 g/mol. The fourth-order valence-electron chi connectivity index (χ4n) is 2.24. The van der Waals surface area contributed by atoms with Crippen LogP contribution in [0.2, 0.25) is 0 Å². The lowest BCUT2D eigenvalue weighted by atomic mass is 9.84. The standard InChI is InChI=1S/C13H16FNO/c1-13(14,12-6-7-15-8-12)11-4-2-10(9-16)3-5-11/h2-5,9,12,15H,6-8H2,1H3. The summed E-state index contributed by atoms with van der Waals surface area (Å²) < 4.78 is 14.6. The summed E-state index contributed by atoms with van der Waals surface area (Å²) >= 11 is 0. The fourth-order valence-corrected chi connectivity index (χ4v) is 2.24. The summed E-state index contributed by atoms with van der Waals surface area (Å²) in [4.78, 5) is 10.5. The molecule has 1 heterocycles. The number of aldehydes is 1. The van der Waals surface area contributed by atoms with Crippen molar-refractivity contribution in [2.24, 2.45) is 5.92 Å². The van der Waals surface area contributed by atoms with Crippen molar-refractivity contribution in [1.82, 2.24) is 5.32 Å². The first-order valence-electron chi connectivity index (χ1n) is 5.60. The zero-order valence-electron chi connectivity index (χ0n) is 9.37. The molecule has 0 saturated carbocycles. The Kier molecular flexibility index (Phi) is 3.06. The Balaban J connectivity index is 2.23. The molecule has 0 aliphatic carbocycles. The first kappa shape index (κ1) is 11.3. The van der Waals surface area contributed by atoms with Gasteiger partial charge >= 0.3 is 0 Å². The first-order valence-corrected chi connectivity index (χ1v) is 5.60. The summed E-state index contributed by atoms with van der Waals surface area (Å²) in [6.07, 6.45) is 1.64. The predicted octanol–water partition coefficient (Wildman–Crippen LogP) is 2.29. The Bertz CT molecular complexity index is 366. The molecule has 0 aromatic heterocycles. The predicted molar refractivity (Wildman–Crippen MR) is 61.3 cm³/mol. The van der Waals surface area contributed by atoms with E-state index >= 15 is 0 Å². The monoisotopic (exact) mass is 221 g/mol. The van der Waals surface area contributed by atoms with Crippen LogP contribution in [0.3, 0.4) is 0 Å². The van der Waals surface area contributed by atoms with E-state index in [2.05, 4.69) is 5.32 Å². The number of nitrogens with one attached hydrogen (secondary N) is 1. The van der Waals surface area contributed by atoms with Gasteiger partial charge in [-0.3, -0.25) is 4.79 Å². The molecule has 0 radical (unpaired) electrons. The number of carbonyl (C=O) groups is 1. The third-order valence-corrected chi connectivity index (χ3v) is 3.44. The summed E-state index contributed by atoms with van der Waals surface area (Å²) in [5.74, 6) is 0.0228. The van der Waals surface area contributed by atoms with Gasteiger partial charge in [-0.05, 0) is 25.5 Å². The molecule has 1 aliphatic heterocycles. The first-order chi connectivity index (χ1) is 7.64. The zero-order chi connectivity index (χ0) is 11.6. The number of hydrogen-bond donors (Lipinski definition) is 1. The van der Waals surface area contributed by atoms with E-state index in [9.17, 15) is 9.18 Å². The van der Waals surface area contributed by atoms with Gasteiger partial charge in [0.15, 0.2) is 0 Å². The highest BCUT2D eigenvalue weighted by Gasteiger charge is 2.37. The minimum absolute atomic E-state index is 0.0228. The Labute approximate surface area is 94.9 Å². The lowest BCUT2D eigenvalue weighted by Crippen LogP contribution is -2.28. The molecule has 0 spiro atoms. The van der Waals surface area contributed by atoms with Crippen molar-refractivity contribution in [3.63, 3.8) is 0 Å². The number of hydrogen-bond acceptors (Lipinski definition) is 2. The number of benzene rings is 1. The molecule has 2 nitrogen and oxygen atoms in total. The van der Waals surface area contributed by atoms with Crippen LogP contribution in [-0.4, -0.2) is 19.4 Å². The SMILES string of the molecule is CC(F)(c1ccc(C=O)cc1)C1CCNC1. The van der Waals surface area contributed by atoms with Crippen LogP contribution in [0.15, 0.2) is 24.3 Å². The molecule has 86 valence electrons. The maximum atomic E-state index is 14.6. The Morgan fingerprint density at radius 1 is 1.44 bits per heavy atom. The third kappa shape index (κ3) is 2.00. The van der Waals surface area contributed by atoms with E-state index in [-0.39, 0.29) is 5.92 Å². The van der Waals surface area contributed by atoms with E-state index in [0.717, 1.165) is 25.8 Å². The van der Waals surface area contributed by atoms with Crippen LogP contribution in [0.4, 0.5) is 4.39 Å². The van der Waals surface area contributed by atoms with E-state index in [1.165, 1.54) is 0 Å². The Morgan fingerprint density at radius 3 is 2.62 bits per heavy atom. The van der Waals surface area contributed by atoms with Crippen LogP contribution >= 0.6 is 0 Å². The van der Waals surface area contributed by atoms with Gasteiger partial charge in [-0.25, -0.2) is 4.39 Å². The van der Waals surface area contributed by atoms with Gasteiger partial charge in [0.2, 0.25) is 0 Å². The lowest BCUT2D eigenvalue weighted by Gasteiger charge is -2.27. The number of alkyl halides is 1. The number of halogens is 1. The smallest absolute Gasteiger partial charge is 0.150 e. The summed E-state index contributed by atoms with van der Waals surface area (Å²) in [5.41, 5.74) is -0.0684. The van der Waals surface area contributed by atoms with Gasteiger partial charge in [-0.2, -0.15) is 0 Å². The molecule has 0 bridgehead atoms. The summed E-state index contributed by atoms with van der Waals surface area (Å²) in [7, 11) is 0. The van der Waals surface area contributed by atoms with Crippen molar-refractivity contribution in [2.45, 2.75) is 19.0 Å².